The third-order valence-electron chi connectivity index (χ3n) is 4.53. The highest BCUT2D eigenvalue weighted by Gasteiger charge is 2.24. The molecule has 0 aromatic heterocycles. The molecule has 152 valence electrons. The van der Waals surface area contributed by atoms with Gasteiger partial charge in [0.05, 0.1) is 6.61 Å². The molecule has 0 saturated carbocycles. The van der Waals surface area contributed by atoms with Gasteiger partial charge >= 0.3 is 6.09 Å². The van der Waals surface area contributed by atoms with E-state index in [1.54, 1.807) is 11.0 Å². The minimum Gasteiger partial charge on any atom is -0.490 e. The van der Waals surface area contributed by atoms with E-state index < -0.39 is 0 Å². The maximum absolute atomic E-state index is 13.8. The first-order valence-corrected chi connectivity index (χ1v) is 9.20. The molecule has 0 bridgehead atoms. The van der Waals surface area contributed by atoms with E-state index in [1.165, 1.54) is 6.07 Å². The predicted molar refractivity (Wildman–Crippen MR) is 108 cm³/mol. The van der Waals surface area contributed by atoms with Crippen molar-refractivity contribution in [3.05, 3.63) is 65.5 Å². The predicted octanol–water partition coefficient (Wildman–Crippen LogP) is 3.94. The van der Waals surface area contributed by atoms with Crippen LogP contribution in [0.5, 0.6) is 5.75 Å². The van der Waals surface area contributed by atoms with E-state index in [9.17, 15) is 9.18 Å². The summed E-state index contributed by atoms with van der Waals surface area (Å²) in [4.78, 5) is 14.0. The lowest BCUT2D eigenvalue weighted by atomic mass is 10.1. The maximum atomic E-state index is 13.8. The van der Waals surface area contributed by atoms with Gasteiger partial charge in [0.15, 0.2) is 11.6 Å². The molecule has 7 heteroatoms. The van der Waals surface area contributed by atoms with E-state index in [2.05, 4.69) is 5.32 Å². The van der Waals surface area contributed by atoms with Gasteiger partial charge in [-0.05, 0) is 36.6 Å². The summed E-state index contributed by atoms with van der Waals surface area (Å²) in [6.45, 7) is 4.34. The molecular weight excluding hydrogens is 383 g/mol. The van der Waals surface area contributed by atoms with Crippen LogP contribution in [0.4, 0.5) is 9.18 Å². The normalized spacial score (nSPS) is 16.2. The Morgan fingerprint density at radius 2 is 2.04 bits per heavy atom. The van der Waals surface area contributed by atoms with Crippen molar-refractivity contribution >= 4 is 18.5 Å². The highest BCUT2D eigenvalue weighted by Crippen LogP contribution is 2.18. The fraction of sp³-hybridized carbons (Fsp3) is 0.381. The number of amides is 1. The van der Waals surface area contributed by atoms with Gasteiger partial charge in [-0.1, -0.05) is 36.4 Å². The molecule has 1 aliphatic rings. The molecule has 0 aliphatic carbocycles. The molecule has 0 radical (unpaired) electrons. The number of halogens is 2. The topological polar surface area (TPSA) is 50.8 Å². The number of aryl methyl sites for hydroxylation is 1. The SMILES string of the molecule is Cc1ccc(OCC[C@@H]2CN(C(=O)OCc3ccccc3)CCN2)c(F)c1.Cl. The summed E-state index contributed by atoms with van der Waals surface area (Å²) >= 11 is 0. The van der Waals surface area contributed by atoms with Crippen LogP contribution in [0.25, 0.3) is 0 Å². The number of carbonyl (C=O) groups excluding carboxylic acids is 1. The van der Waals surface area contributed by atoms with Crippen LogP contribution in [0.2, 0.25) is 0 Å². The van der Waals surface area contributed by atoms with E-state index in [1.807, 2.05) is 43.3 Å². The fourth-order valence-electron chi connectivity index (χ4n) is 3.03. The first-order valence-electron chi connectivity index (χ1n) is 9.20. The van der Waals surface area contributed by atoms with Crippen LogP contribution >= 0.6 is 12.4 Å². The molecule has 1 fully saturated rings. The molecule has 1 N–H and O–H groups in total. The van der Waals surface area contributed by atoms with Crippen LogP contribution in [0.15, 0.2) is 48.5 Å². The Hall–Kier alpha value is -2.31. The number of hydrogen-bond donors (Lipinski definition) is 1. The Labute approximate surface area is 171 Å². The van der Waals surface area contributed by atoms with Crippen LogP contribution in [-0.2, 0) is 11.3 Å². The first kappa shape index (κ1) is 22.0. The van der Waals surface area contributed by atoms with E-state index >= 15 is 0 Å². The van der Waals surface area contributed by atoms with Gasteiger partial charge in [-0.25, -0.2) is 9.18 Å². The molecule has 5 nitrogen and oxygen atoms in total. The lowest BCUT2D eigenvalue weighted by molar-refractivity contribution is 0.0826. The van der Waals surface area contributed by atoms with Crippen LogP contribution in [0, 0.1) is 12.7 Å². The smallest absolute Gasteiger partial charge is 0.410 e. The van der Waals surface area contributed by atoms with Crippen LogP contribution in [-0.4, -0.2) is 43.3 Å². The monoisotopic (exact) mass is 408 g/mol. The van der Waals surface area contributed by atoms with Gasteiger partial charge in [-0.2, -0.15) is 0 Å². The molecule has 1 aliphatic heterocycles. The maximum Gasteiger partial charge on any atom is 0.410 e. The van der Waals surface area contributed by atoms with Crippen molar-refractivity contribution in [1.29, 1.82) is 0 Å². The van der Waals surface area contributed by atoms with Gasteiger partial charge in [0, 0.05) is 25.7 Å². The minimum absolute atomic E-state index is 0. The van der Waals surface area contributed by atoms with E-state index in [0.29, 0.717) is 32.7 Å². The minimum atomic E-state index is -0.349. The number of rotatable bonds is 6. The van der Waals surface area contributed by atoms with Crippen molar-refractivity contribution in [3.8, 4) is 5.75 Å². The highest BCUT2D eigenvalue weighted by atomic mass is 35.5. The molecule has 0 spiro atoms. The molecule has 28 heavy (non-hydrogen) atoms. The molecule has 3 rings (SSSR count). The van der Waals surface area contributed by atoms with E-state index in [4.69, 9.17) is 9.47 Å². The fourth-order valence-corrected chi connectivity index (χ4v) is 3.03. The second-order valence-corrected chi connectivity index (χ2v) is 6.71. The standard InChI is InChI=1S/C21H25FN2O3.ClH/c1-16-7-8-20(19(22)13-16)26-12-9-18-14-24(11-10-23-18)21(25)27-15-17-5-3-2-4-6-17;/h2-8,13,18,23H,9-12,14-15H2,1H3;1H/t18-;/m1./s1. The second-order valence-electron chi connectivity index (χ2n) is 6.71. The Balaban J connectivity index is 0.00000280. The average molecular weight is 409 g/mol. The Morgan fingerprint density at radius 3 is 2.79 bits per heavy atom. The molecule has 1 amide bonds. The summed E-state index contributed by atoms with van der Waals surface area (Å²) in [6.07, 6.45) is 0.367. The molecule has 2 aromatic carbocycles. The molecule has 1 atom stereocenters. The number of nitrogens with zero attached hydrogens (tertiary/aromatic N) is 1. The summed E-state index contributed by atoms with van der Waals surface area (Å²) in [5, 5.41) is 3.36. The van der Waals surface area contributed by atoms with Gasteiger partial charge in [-0.3, -0.25) is 0 Å². The molecular formula is C21H26ClFN2O3. The van der Waals surface area contributed by atoms with Crippen LogP contribution < -0.4 is 10.1 Å². The van der Waals surface area contributed by atoms with Gasteiger partial charge < -0.3 is 19.7 Å². The molecule has 2 aromatic rings. The van der Waals surface area contributed by atoms with Gasteiger partial charge in [0.1, 0.15) is 6.61 Å². The van der Waals surface area contributed by atoms with Crippen molar-refractivity contribution < 1.29 is 18.7 Å². The molecule has 1 saturated heterocycles. The Bertz CT molecular complexity index is 761. The van der Waals surface area contributed by atoms with Gasteiger partial charge in [0.2, 0.25) is 0 Å². The average Bonchev–Trinajstić information content (AvgIpc) is 2.69. The number of benzene rings is 2. The zero-order valence-electron chi connectivity index (χ0n) is 15.9. The Kier molecular flexibility index (Phi) is 8.54. The summed E-state index contributed by atoms with van der Waals surface area (Å²) in [7, 11) is 0. The third kappa shape index (κ3) is 6.39. The molecule has 1 heterocycles. The van der Waals surface area contributed by atoms with Crippen LogP contribution in [0.1, 0.15) is 17.5 Å². The summed E-state index contributed by atoms with van der Waals surface area (Å²) in [5.74, 6) is -0.0896. The third-order valence-corrected chi connectivity index (χ3v) is 4.53. The van der Waals surface area contributed by atoms with Crippen molar-refractivity contribution in [2.45, 2.75) is 26.0 Å². The zero-order chi connectivity index (χ0) is 19.1. The summed E-state index contributed by atoms with van der Waals surface area (Å²) in [6, 6.07) is 14.6. The zero-order valence-corrected chi connectivity index (χ0v) is 16.7. The largest absolute Gasteiger partial charge is 0.490 e. The second kappa shape index (κ2) is 10.9. The summed E-state index contributed by atoms with van der Waals surface area (Å²) in [5.41, 5.74) is 1.82. The van der Waals surface area contributed by atoms with Gasteiger partial charge in [-0.15, -0.1) is 12.4 Å². The number of hydrogen-bond acceptors (Lipinski definition) is 4. The number of piperazine rings is 1. The van der Waals surface area contributed by atoms with Gasteiger partial charge in [0.25, 0.3) is 0 Å². The quantitative estimate of drug-likeness (QED) is 0.786. The lowest BCUT2D eigenvalue weighted by Gasteiger charge is -2.33. The first-order chi connectivity index (χ1) is 13.1. The number of carbonyl (C=O) groups is 1. The summed E-state index contributed by atoms with van der Waals surface area (Å²) < 4.78 is 24.7. The van der Waals surface area contributed by atoms with Crippen molar-refractivity contribution in [3.63, 3.8) is 0 Å². The molecule has 0 unspecified atom stereocenters. The lowest BCUT2D eigenvalue weighted by Crippen LogP contribution is -2.53. The highest BCUT2D eigenvalue weighted by molar-refractivity contribution is 5.85. The number of ether oxygens (including phenoxy) is 2. The van der Waals surface area contributed by atoms with Crippen molar-refractivity contribution in [1.82, 2.24) is 10.2 Å². The Morgan fingerprint density at radius 1 is 1.25 bits per heavy atom. The van der Waals surface area contributed by atoms with Crippen LogP contribution in [0.3, 0.4) is 0 Å². The van der Waals surface area contributed by atoms with E-state index in [0.717, 1.165) is 11.1 Å². The number of nitrogens with one attached hydrogen (secondary N) is 1. The van der Waals surface area contributed by atoms with Crippen molar-refractivity contribution in [2.24, 2.45) is 0 Å². The van der Waals surface area contributed by atoms with E-state index in [-0.39, 0.29) is 42.7 Å². The van der Waals surface area contributed by atoms with Crippen molar-refractivity contribution in [2.75, 3.05) is 26.2 Å².